The van der Waals surface area contributed by atoms with Crippen LogP contribution in [0.15, 0.2) is 29.7 Å². The standard InChI is InChI=1S/C18H25BO3S/c1-6-16(20)14-9-7-13(8-10-14)11-15(12-23)19-21-17(2,3)18(4,5)22-19/h7-11,23H,6,12H2,1-5H3. The molecule has 1 aliphatic rings. The summed E-state index contributed by atoms with van der Waals surface area (Å²) in [6, 6.07) is 7.60. The van der Waals surface area contributed by atoms with E-state index in [4.69, 9.17) is 9.31 Å². The van der Waals surface area contributed by atoms with Crippen molar-refractivity contribution in [3.63, 3.8) is 0 Å². The second-order valence-corrected chi connectivity index (χ2v) is 7.18. The molecule has 0 aliphatic carbocycles. The molecule has 1 aromatic carbocycles. The van der Waals surface area contributed by atoms with Crippen molar-refractivity contribution < 1.29 is 14.1 Å². The molecule has 1 aliphatic heterocycles. The highest BCUT2D eigenvalue weighted by molar-refractivity contribution is 7.80. The third-order valence-electron chi connectivity index (χ3n) is 4.64. The van der Waals surface area contributed by atoms with Crippen molar-refractivity contribution in [1.82, 2.24) is 0 Å². The Kier molecular flexibility index (Phi) is 5.44. The number of ketones is 1. The highest BCUT2D eigenvalue weighted by Crippen LogP contribution is 2.39. The van der Waals surface area contributed by atoms with E-state index in [0.717, 1.165) is 16.6 Å². The number of rotatable bonds is 5. The van der Waals surface area contributed by atoms with Crippen LogP contribution < -0.4 is 0 Å². The zero-order valence-corrected chi connectivity index (χ0v) is 15.4. The lowest BCUT2D eigenvalue weighted by Gasteiger charge is -2.32. The van der Waals surface area contributed by atoms with Crippen LogP contribution in [0.4, 0.5) is 0 Å². The predicted octanol–water partition coefficient (Wildman–Crippen LogP) is 4.22. The van der Waals surface area contributed by atoms with Gasteiger partial charge in [-0.3, -0.25) is 4.79 Å². The van der Waals surface area contributed by atoms with Gasteiger partial charge in [-0.2, -0.15) is 12.6 Å². The van der Waals surface area contributed by atoms with Gasteiger partial charge in [0.1, 0.15) is 0 Å². The normalized spacial score (nSPS) is 19.9. The summed E-state index contributed by atoms with van der Waals surface area (Å²) in [5.74, 6) is 0.702. The molecule has 0 bridgehead atoms. The van der Waals surface area contributed by atoms with Gasteiger partial charge >= 0.3 is 7.12 Å². The topological polar surface area (TPSA) is 35.5 Å². The van der Waals surface area contributed by atoms with Gasteiger partial charge in [-0.15, -0.1) is 0 Å². The van der Waals surface area contributed by atoms with Crippen LogP contribution in [-0.2, 0) is 9.31 Å². The molecule has 0 spiro atoms. The van der Waals surface area contributed by atoms with E-state index in [9.17, 15) is 4.79 Å². The molecule has 1 aromatic rings. The lowest BCUT2D eigenvalue weighted by molar-refractivity contribution is 0.00578. The van der Waals surface area contributed by atoms with Gasteiger partial charge in [0.2, 0.25) is 0 Å². The van der Waals surface area contributed by atoms with Crippen LogP contribution in [0.25, 0.3) is 6.08 Å². The maximum atomic E-state index is 11.7. The number of carbonyl (C=O) groups excluding carboxylic acids is 1. The van der Waals surface area contributed by atoms with E-state index in [1.165, 1.54) is 0 Å². The molecule has 0 amide bonds. The molecule has 1 saturated heterocycles. The van der Waals surface area contributed by atoms with Gasteiger partial charge in [0.15, 0.2) is 5.78 Å². The van der Waals surface area contributed by atoms with Crippen LogP contribution in [0.2, 0.25) is 0 Å². The number of carbonyl (C=O) groups is 1. The van der Waals surface area contributed by atoms with Gasteiger partial charge in [0.05, 0.1) is 11.2 Å². The van der Waals surface area contributed by atoms with Gasteiger partial charge in [0.25, 0.3) is 0 Å². The first-order valence-electron chi connectivity index (χ1n) is 8.00. The Balaban J connectivity index is 2.21. The van der Waals surface area contributed by atoms with Gasteiger partial charge < -0.3 is 9.31 Å². The SMILES string of the molecule is CCC(=O)c1ccc(C=C(CS)B2OC(C)(C)C(C)(C)O2)cc1. The fraction of sp³-hybridized carbons (Fsp3) is 0.500. The van der Waals surface area contributed by atoms with Crippen LogP contribution in [0.5, 0.6) is 0 Å². The second kappa shape index (κ2) is 6.84. The summed E-state index contributed by atoms with van der Waals surface area (Å²) < 4.78 is 12.2. The van der Waals surface area contributed by atoms with E-state index in [1.807, 2.05) is 65.0 Å². The minimum Gasteiger partial charge on any atom is -0.400 e. The Morgan fingerprint density at radius 2 is 1.65 bits per heavy atom. The number of thiol groups is 1. The average molecular weight is 332 g/mol. The molecule has 3 nitrogen and oxygen atoms in total. The minimum atomic E-state index is -0.394. The number of benzene rings is 1. The van der Waals surface area contributed by atoms with Crippen LogP contribution >= 0.6 is 12.6 Å². The highest BCUT2D eigenvalue weighted by Gasteiger charge is 2.52. The van der Waals surface area contributed by atoms with E-state index >= 15 is 0 Å². The van der Waals surface area contributed by atoms with Gasteiger partial charge in [-0.25, -0.2) is 0 Å². The zero-order valence-electron chi connectivity index (χ0n) is 14.6. The summed E-state index contributed by atoms with van der Waals surface area (Å²) in [6.45, 7) is 10.0. The van der Waals surface area contributed by atoms with Crippen molar-refractivity contribution in [3.05, 3.63) is 40.9 Å². The Bertz CT molecular complexity index is 589. The molecule has 0 unspecified atom stereocenters. The average Bonchev–Trinajstić information content (AvgIpc) is 2.72. The fourth-order valence-corrected chi connectivity index (χ4v) is 2.61. The molecular formula is C18H25BO3S. The summed E-state index contributed by atoms with van der Waals surface area (Å²) in [4.78, 5) is 11.7. The first-order valence-corrected chi connectivity index (χ1v) is 8.63. The maximum Gasteiger partial charge on any atom is 0.491 e. The van der Waals surface area contributed by atoms with Crippen LogP contribution in [-0.4, -0.2) is 29.9 Å². The Morgan fingerprint density at radius 1 is 1.13 bits per heavy atom. The van der Waals surface area contributed by atoms with Crippen molar-refractivity contribution in [2.45, 2.75) is 52.2 Å². The summed E-state index contributed by atoms with van der Waals surface area (Å²) in [5, 5.41) is 0. The van der Waals surface area contributed by atoms with Crippen molar-refractivity contribution in [1.29, 1.82) is 0 Å². The second-order valence-electron chi connectivity index (χ2n) is 6.86. The molecule has 0 atom stereocenters. The van der Waals surface area contributed by atoms with Crippen molar-refractivity contribution in [2.24, 2.45) is 0 Å². The van der Waals surface area contributed by atoms with Crippen LogP contribution in [0, 0.1) is 0 Å². The molecule has 1 heterocycles. The molecule has 1 fully saturated rings. The van der Waals surface area contributed by atoms with Crippen molar-refractivity contribution >= 4 is 31.6 Å². The first-order chi connectivity index (χ1) is 10.7. The molecular weight excluding hydrogens is 307 g/mol. The zero-order chi connectivity index (χ0) is 17.3. The summed E-state index contributed by atoms with van der Waals surface area (Å²) in [6.07, 6.45) is 2.54. The quantitative estimate of drug-likeness (QED) is 0.498. The molecule has 5 heteroatoms. The van der Waals surface area contributed by atoms with E-state index < -0.39 is 7.12 Å². The lowest BCUT2D eigenvalue weighted by Crippen LogP contribution is -2.41. The maximum absolute atomic E-state index is 11.7. The van der Waals surface area contributed by atoms with Gasteiger partial charge in [-0.1, -0.05) is 37.3 Å². The monoisotopic (exact) mass is 332 g/mol. The third kappa shape index (κ3) is 3.90. The predicted molar refractivity (Wildman–Crippen MR) is 99.0 cm³/mol. The third-order valence-corrected chi connectivity index (χ3v) is 5.01. The van der Waals surface area contributed by atoms with Crippen molar-refractivity contribution in [2.75, 3.05) is 5.75 Å². The largest absolute Gasteiger partial charge is 0.491 e. The number of hydrogen-bond donors (Lipinski definition) is 1. The van der Waals surface area contributed by atoms with E-state index in [-0.39, 0.29) is 17.0 Å². The Labute approximate surface area is 145 Å². The van der Waals surface area contributed by atoms with Gasteiger partial charge in [-0.05, 0) is 38.7 Å². The molecule has 0 aromatic heterocycles. The van der Waals surface area contributed by atoms with Crippen molar-refractivity contribution in [3.8, 4) is 0 Å². The number of Topliss-reactive ketones (excluding diaryl/α,β-unsaturated/α-hetero) is 1. The summed E-state index contributed by atoms with van der Waals surface area (Å²) in [7, 11) is -0.394. The molecule has 0 saturated carbocycles. The Morgan fingerprint density at radius 3 is 2.09 bits per heavy atom. The van der Waals surface area contributed by atoms with E-state index in [1.54, 1.807) is 0 Å². The highest BCUT2D eigenvalue weighted by atomic mass is 32.1. The van der Waals surface area contributed by atoms with Crippen LogP contribution in [0.3, 0.4) is 0 Å². The smallest absolute Gasteiger partial charge is 0.400 e. The van der Waals surface area contributed by atoms with E-state index in [2.05, 4.69) is 12.6 Å². The van der Waals surface area contributed by atoms with Crippen LogP contribution in [0.1, 0.15) is 57.0 Å². The van der Waals surface area contributed by atoms with E-state index in [0.29, 0.717) is 12.2 Å². The molecule has 0 radical (unpaired) electrons. The molecule has 23 heavy (non-hydrogen) atoms. The molecule has 124 valence electrons. The first kappa shape index (κ1) is 18.3. The van der Waals surface area contributed by atoms with Gasteiger partial charge in [0, 0.05) is 17.7 Å². The number of hydrogen-bond acceptors (Lipinski definition) is 4. The fourth-order valence-electron chi connectivity index (χ4n) is 2.37. The Hall–Kier alpha value is -1.04. The molecule has 2 rings (SSSR count). The molecule has 0 N–H and O–H groups in total. The summed E-state index contributed by atoms with van der Waals surface area (Å²) >= 11 is 4.42. The minimum absolute atomic E-state index is 0.154. The lowest BCUT2D eigenvalue weighted by atomic mass is 9.78. The summed E-state index contributed by atoms with van der Waals surface area (Å²) in [5.41, 5.74) is 2.00.